The molecule has 3 aliphatic carbocycles. The number of aryl methyl sites for hydroxylation is 1. The first-order valence-electron chi connectivity index (χ1n) is 15.2. The van der Waals surface area contributed by atoms with E-state index in [1.165, 1.54) is 11.1 Å². The largest absolute Gasteiger partial charge is 0.512 e. The molecule has 232 valence electrons. The van der Waals surface area contributed by atoms with E-state index in [1.807, 2.05) is 45.0 Å². The molecule has 2 aromatic rings. The zero-order valence-electron chi connectivity index (χ0n) is 27.4. The van der Waals surface area contributed by atoms with Crippen LogP contribution >= 0.6 is 0 Å². The van der Waals surface area contributed by atoms with Gasteiger partial charge in [-0.1, -0.05) is 51.3 Å². The molecule has 0 heterocycles. The lowest BCUT2D eigenvalue weighted by atomic mass is 9.46. The molecule has 6 heteroatoms. The van der Waals surface area contributed by atoms with Crippen LogP contribution in [0.4, 0.5) is 5.69 Å². The predicted molar refractivity (Wildman–Crippen MR) is 181 cm³/mol. The van der Waals surface area contributed by atoms with Crippen molar-refractivity contribution in [2.75, 3.05) is 19.0 Å². The van der Waals surface area contributed by atoms with Crippen molar-refractivity contribution >= 4 is 11.3 Å². The number of aliphatic hydroxyl groups is 2. The van der Waals surface area contributed by atoms with Crippen LogP contribution in [0.25, 0.3) is 5.57 Å². The van der Waals surface area contributed by atoms with E-state index < -0.39 is 11.0 Å². The van der Waals surface area contributed by atoms with E-state index in [4.69, 9.17) is 17.0 Å². The van der Waals surface area contributed by atoms with E-state index >= 15 is 0 Å². The van der Waals surface area contributed by atoms with Gasteiger partial charge in [0.25, 0.3) is 0 Å². The molecule has 0 aromatic heterocycles. The van der Waals surface area contributed by atoms with Crippen molar-refractivity contribution < 1.29 is 14.9 Å². The van der Waals surface area contributed by atoms with Gasteiger partial charge >= 0.3 is 0 Å². The molecular formula is C38H47N3O3. The van der Waals surface area contributed by atoms with Crippen molar-refractivity contribution in [3.63, 3.8) is 0 Å². The first-order chi connectivity index (χ1) is 20.4. The van der Waals surface area contributed by atoms with Gasteiger partial charge < -0.3 is 30.9 Å². The van der Waals surface area contributed by atoms with E-state index in [-0.39, 0.29) is 23.3 Å². The lowest BCUT2D eigenvalue weighted by Gasteiger charge is -2.60. The van der Waals surface area contributed by atoms with E-state index in [1.54, 1.807) is 0 Å². The number of hydrogen-bond donors (Lipinski definition) is 4. The highest BCUT2D eigenvalue weighted by atomic mass is 16.5. The topological polar surface area (TPSA) is 91.0 Å². The number of nitrogens with two attached hydrogens (primary N) is 1. The standard InChI is InChI=1S/C38H47N3O3/c1-21-12-14-29(15-13-21)44-27(7)40-19-28-16-31(41(10)11)30-17-36(8)20-37(9)18-32(42)34(26(6)39)24(4)38(37,43)25(5)35(36)23(3)33(30)22(28)2/h12-16,40,42-43H,3-4,6-7,17-20,39H2,1-2,5,8-11H3/t36-,37+,38+/m0/s1. The summed E-state index contributed by atoms with van der Waals surface area (Å²) in [5.74, 6) is 1.34. The molecule has 5 N–H and O–H groups in total. The van der Waals surface area contributed by atoms with Crippen LogP contribution in [0.15, 0.2) is 96.3 Å². The summed E-state index contributed by atoms with van der Waals surface area (Å²) in [4.78, 5) is 2.16. The van der Waals surface area contributed by atoms with Crippen molar-refractivity contribution in [3.05, 3.63) is 124 Å². The molecule has 44 heavy (non-hydrogen) atoms. The summed E-state index contributed by atoms with van der Waals surface area (Å²) < 4.78 is 5.94. The molecule has 0 saturated carbocycles. The Labute approximate surface area is 262 Å². The van der Waals surface area contributed by atoms with Gasteiger partial charge in [0.05, 0.1) is 0 Å². The Bertz CT molecular complexity index is 1690. The minimum atomic E-state index is -1.41. The van der Waals surface area contributed by atoms with Crippen molar-refractivity contribution in [1.82, 2.24) is 5.32 Å². The number of aliphatic hydroxyl groups excluding tert-OH is 1. The summed E-state index contributed by atoms with van der Waals surface area (Å²) in [6.07, 6.45) is 1.70. The van der Waals surface area contributed by atoms with Crippen LogP contribution in [0.5, 0.6) is 5.75 Å². The molecule has 5 rings (SSSR count). The molecule has 0 fully saturated rings. The van der Waals surface area contributed by atoms with E-state index in [0.29, 0.717) is 30.0 Å². The Morgan fingerprint density at radius 3 is 2.30 bits per heavy atom. The van der Waals surface area contributed by atoms with Gasteiger partial charge in [0.1, 0.15) is 17.1 Å². The average Bonchev–Trinajstić information content (AvgIpc) is 2.91. The number of rotatable bonds is 7. The van der Waals surface area contributed by atoms with Crippen LogP contribution in [-0.4, -0.2) is 29.9 Å². The molecule has 3 aliphatic rings. The van der Waals surface area contributed by atoms with Gasteiger partial charge in [0, 0.05) is 49.4 Å². The van der Waals surface area contributed by atoms with Crippen molar-refractivity contribution in [2.24, 2.45) is 16.6 Å². The molecular weight excluding hydrogens is 546 g/mol. The third-order valence-electron chi connectivity index (χ3n) is 10.2. The normalized spacial score (nSPS) is 26.1. The minimum Gasteiger partial charge on any atom is -0.512 e. The molecule has 0 amide bonds. The van der Waals surface area contributed by atoms with Crippen LogP contribution in [0, 0.1) is 24.7 Å². The second-order valence-corrected chi connectivity index (χ2v) is 13.8. The molecule has 2 aromatic carbocycles. The lowest BCUT2D eigenvalue weighted by molar-refractivity contribution is -0.0603. The second kappa shape index (κ2) is 10.5. The lowest BCUT2D eigenvalue weighted by Crippen LogP contribution is -2.58. The van der Waals surface area contributed by atoms with Gasteiger partial charge in [-0.3, -0.25) is 0 Å². The number of hydrogen-bond acceptors (Lipinski definition) is 6. The highest BCUT2D eigenvalue weighted by molar-refractivity contribution is 5.90. The molecule has 0 saturated heterocycles. The van der Waals surface area contributed by atoms with E-state index in [0.717, 1.165) is 51.3 Å². The van der Waals surface area contributed by atoms with Crippen molar-refractivity contribution in [3.8, 4) is 5.75 Å². The number of nitrogens with one attached hydrogen (secondary N) is 1. The highest BCUT2D eigenvalue weighted by Crippen LogP contribution is 2.66. The molecule has 0 radical (unpaired) electrons. The third kappa shape index (κ3) is 4.58. The maximum atomic E-state index is 12.6. The monoisotopic (exact) mass is 593 g/mol. The fraction of sp³-hybridized carbons (Fsp3) is 0.368. The summed E-state index contributed by atoms with van der Waals surface area (Å²) in [5, 5.41) is 27.0. The summed E-state index contributed by atoms with van der Waals surface area (Å²) in [7, 11) is 4.14. The van der Waals surface area contributed by atoms with Crippen molar-refractivity contribution in [1.29, 1.82) is 0 Å². The van der Waals surface area contributed by atoms with E-state index in [2.05, 4.69) is 64.0 Å². The van der Waals surface area contributed by atoms with Crippen LogP contribution in [-0.2, 0) is 13.0 Å². The van der Waals surface area contributed by atoms with Gasteiger partial charge in [0.2, 0.25) is 0 Å². The first kappa shape index (κ1) is 31.3. The molecule has 3 atom stereocenters. The van der Waals surface area contributed by atoms with Gasteiger partial charge in [0.15, 0.2) is 5.88 Å². The number of anilines is 1. The molecule has 6 nitrogen and oxygen atoms in total. The number of fused-ring (bicyclic) bond motifs is 3. The Morgan fingerprint density at radius 2 is 1.70 bits per heavy atom. The first-order valence-corrected chi connectivity index (χ1v) is 15.2. The Hall–Kier alpha value is -4.16. The minimum absolute atomic E-state index is 0.138. The van der Waals surface area contributed by atoms with Gasteiger partial charge in [-0.15, -0.1) is 0 Å². The van der Waals surface area contributed by atoms with Gasteiger partial charge in [-0.25, -0.2) is 0 Å². The quantitative estimate of drug-likeness (QED) is 0.252. The van der Waals surface area contributed by atoms with Gasteiger partial charge in [-0.2, -0.15) is 0 Å². The number of ether oxygens (including phenoxy) is 1. The molecule has 0 unspecified atom stereocenters. The predicted octanol–water partition coefficient (Wildman–Crippen LogP) is 7.29. The summed E-state index contributed by atoms with van der Waals surface area (Å²) in [5.41, 5.74) is 14.3. The number of benzene rings is 2. The summed E-state index contributed by atoms with van der Waals surface area (Å²) in [6.45, 7) is 28.0. The Morgan fingerprint density at radius 1 is 1.07 bits per heavy atom. The van der Waals surface area contributed by atoms with Crippen molar-refractivity contribution in [2.45, 2.75) is 66.0 Å². The van der Waals surface area contributed by atoms with E-state index in [9.17, 15) is 10.2 Å². The Balaban J connectivity index is 1.58. The molecule has 0 aliphatic heterocycles. The molecule has 0 bridgehead atoms. The number of allylic oxidation sites excluding steroid dienone is 4. The highest BCUT2D eigenvalue weighted by Gasteiger charge is 2.62. The zero-order valence-corrected chi connectivity index (χ0v) is 27.4. The third-order valence-corrected chi connectivity index (χ3v) is 10.2. The summed E-state index contributed by atoms with van der Waals surface area (Å²) >= 11 is 0. The average molecular weight is 594 g/mol. The fourth-order valence-electron chi connectivity index (χ4n) is 8.42. The number of nitrogens with zero attached hydrogens (tertiary/aromatic N) is 1. The van der Waals surface area contributed by atoms with Gasteiger partial charge in [-0.05, 0) is 108 Å². The second-order valence-electron chi connectivity index (χ2n) is 13.8. The molecule has 0 spiro atoms. The van der Waals surface area contributed by atoms with Crippen LogP contribution < -0.4 is 20.7 Å². The maximum Gasteiger partial charge on any atom is 0.186 e. The SMILES string of the molecule is C=C(NCc1cc(N(C)C)c2c(c1C)C(=C)C1=C(C)[C@]3(O)C(=C)C(C(=C)N)=C(O)C[C@]3(C)C[C@]1(C)C2)Oc1ccc(C)cc1. The fourth-order valence-corrected chi connectivity index (χ4v) is 8.42. The van der Waals surface area contributed by atoms with Crippen LogP contribution in [0.3, 0.4) is 0 Å². The van der Waals surface area contributed by atoms with Crippen LogP contribution in [0.1, 0.15) is 61.4 Å². The maximum absolute atomic E-state index is 12.6. The van der Waals surface area contributed by atoms with Crippen LogP contribution in [0.2, 0.25) is 0 Å². The summed E-state index contributed by atoms with van der Waals surface area (Å²) in [6, 6.07) is 10.1. The smallest absolute Gasteiger partial charge is 0.186 e. The Kier molecular flexibility index (Phi) is 7.45. The zero-order chi connectivity index (χ0) is 32.5.